The van der Waals surface area contributed by atoms with Gasteiger partial charge in [-0.2, -0.15) is 13.2 Å². The summed E-state index contributed by atoms with van der Waals surface area (Å²) in [6.45, 7) is 6.78. The molecule has 0 aliphatic heterocycles. The molecule has 8 heteroatoms. The Morgan fingerprint density at radius 2 is 1.44 bits per heavy atom. The van der Waals surface area contributed by atoms with Gasteiger partial charge in [-0.15, -0.1) is 0 Å². The number of carbonyl (C=O) groups is 2. The number of nitrogens with one attached hydrogen (secondary N) is 2. The molecule has 1 heterocycles. The summed E-state index contributed by atoms with van der Waals surface area (Å²) in [6.07, 6.45) is -2.81. The van der Waals surface area contributed by atoms with Gasteiger partial charge in [-0.05, 0) is 51.9 Å². The lowest BCUT2D eigenvalue weighted by Gasteiger charge is -2.19. The maximum Gasteiger partial charge on any atom is 0.416 e. The number of anilines is 1. The van der Waals surface area contributed by atoms with Crippen molar-refractivity contribution >= 4 is 17.5 Å². The van der Waals surface area contributed by atoms with Gasteiger partial charge in [0.15, 0.2) is 0 Å². The summed E-state index contributed by atoms with van der Waals surface area (Å²) < 4.78 is 40.5. The number of nitrogens with zero attached hydrogens (tertiary/aromatic N) is 1. The van der Waals surface area contributed by atoms with Gasteiger partial charge in [0, 0.05) is 25.4 Å². The number of aromatic nitrogens is 1. The van der Waals surface area contributed by atoms with Crippen molar-refractivity contribution in [2.45, 2.75) is 38.9 Å². The molecule has 0 radical (unpaired) electrons. The molecular weight excluding hydrogens is 503 g/mol. The molecule has 1 aromatic heterocycles. The summed E-state index contributed by atoms with van der Waals surface area (Å²) in [7, 11) is 1.71. The summed E-state index contributed by atoms with van der Waals surface area (Å²) in [4.78, 5) is 26.0. The molecule has 0 bridgehead atoms. The first-order chi connectivity index (χ1) is 18.3. The van der Waals surface area contributed by atoms with Crippen molar-refractivity contribution in [1.29, 1.82) is 0 Å². The summed E-state index contributed by atoms with van der Waals surface area (Å²) >= 11 is 0. The van der Waals surface area contributed by atoms with Crippen molar-refractivity contribution in [3.8, 4) is 11.1 Å². The van der Waals surface area contributed by atoms with Gasteiger partial charge in [-0.1, -0.05) is 75.4 Å². The van der Waals surface area contributed by atoms with Gasteiger partial charge in [-0.25, -0.2) is 0 Å². The normalized spacial score (nSPS) is 11.8. The van der Waals surface area contributed by atoms with Crippen LogP contribution in [0.4, 0.5) is 18.9 Å². The summed E-state index contributed by atoms with van der Waals surface area (Å²) in [5.41, 5.74) is 3.53. The minimum Gasteiger partial charge on any atom is -0.347 e. The molecule has 2 amide bonds. The van der Waals surface area contributed by atoms with Gasteiger partial charge < -0.3 is 15.2 Å². The number of alkyl halides is 3. The van der Waals surface area contributed by atoms with Crippen molar-refractivity contribution in [3.05, 3.63) is 113 Å². The number of benzene rings is 3. The number of hydrogen-bond acceptors (Lipinski definition) is 2. The van der Waals surface area contributed by atoms with Crippen molar-refractivity contribution < 1.29 is 22.8 Å². The van der Waals surface area contributed by atoms with E-state index in [9.17, 15) is 22.8 Å². The number of carbonyl (C=O) groups excluding carboxylic acids is 2. The van der Waals surface area contributed by atoms with E-state index in [1.807, 2.05) is 12.1 Å². The summed E-state index contributed by atoms with van der Waals surface area (Å²) in [5.74, 6) is -0.731. The van der Waals surface area contributed by atoms with E-state index in [-0.39, 0.29) is 11.3 Å². The van der Waals surface area contributed by atoms with Crippen LogP contribution in [0.2, 0.25) is 0 Å². The van der Waals surface area contributed by atoms with E-state index in [1.54, 1.807) is 48.1 Å². The van der Waals surface area contributed by atoms with Crippen LogP contribution in [-0.2, 0) is 25.2 Å². The highest BCUT2D eigenvalue weighted by atomic mass is 19.4. The first-order valence-corrected chi connectivity index (χ1v) is 12.4. The lowest BCUT2D eigenvalue weighted by molar-refractivity contribution is -0.137. The molecule has 39 heavy (non-hydrogen) atoms. The first kappa shape index (κ1) is 27.7. The number of rotatable bonds is 6. The Morgan fingerprint density at radius 3 is 2.05 bits per heavy atom. The number of hydrogen-bond donors (Lipinski definition) is 2. The molecule has 3 aromatic carbocycles. The number of halogens is 3. The minimum atomic E-state index is -4.44. The molecule has 202 valence electrons. The average molecular weight is 534 g/mol. The highest BCUT2D eigenvalue weighted by Gasteiger charge is 2.30. The topological polar surface area (TPSA) is 63.1 Å². The van der Waals surface area contributed by atoms with Crippen LogP contribution in [0.3, 0.4) is 0 Å². The zero-order valence-corrected chi connectivity index (χ0v) is 22.2. The van der Waals surface area contributed by atoms with Crippen LogP contribution < -0.4 is 10.6 Å². The molecular formula is C31H30F3N3O2. The van der Waals surface area contributed by atoms with E-state index in [0.29, 0.717) is 34.6 Å². The van der Waals surface area contributed by atoms with Gasteiger partial charge in [0.25, 0.3) is 11.8 Å². The van der Waals surface area contributed by atoms with E-state index in [0.717, 1.165) is 17.7 Å². The maximum absolute atomic E-state index is 13.1. The van der Waals surface area contributed by atoms with Crippen molar-refractivity contribution in [1.82, 2.24) is 9.88 Å². The Bertz CT molecular complexity index is 1480. The lowest BCUT2D eigenvalue weighted by atomic mass is 9.87. The molecule has 0 unspecified atom stereocenters. The quantitative estimate of drug-likeness (QED) is 0.276. The van der Waals surface area contributed by atoms with Crippen LogP contribution in [0.1, 0.15) is 58.3 Å². The van der Waals surface area contributed by atoms with E-state index in [1.165, 1.54) is 17.7 Å². The van der Waals surface area contributed by atoms with Crippen molar-refractivity contribution in [2.75, 3.05) is 5.32 Å². The fourth-order valence-corrected chi connectivity index (χ4v) is 4.22. The highest BCUT2D eigenvalue weighted by Crippen LogP contribution is 2.32. The van der Waals surface area contributed by atoms with Crippen LogP contribution >= 0.6 is 0 Å². The fourth-order valence-electron chi connectivity index (χ4n) is 4.22. The predicted octanol–water partition coefficient (Wildman–Crippen LogP) is 7.19. The average Bonchev–Trinajstić information content (AvgIpc) is 3.26. The largest absolute Gasteiger partial charge is 0.416 e. The van der Waals surface area contributed by atoms with Crippen molar-refractivity contribution in [3.63, 3.8) is 0 Å². The second kappa shape index (κ2) is 10.8. The Morgan fingerprint density at radius 1 is 0.821 bits per heavy atom. The van der Waals surface area contributed by atoms with E-state index >= 15 is 0 Å². The molecule has 0 atom stereocenters. The monoisotopic (exact) mass is 533 g/mol. The Kier molecular flexibility index (Phi) is 7.67. The summed E-state index contributed by atoms with van der Waals surface area (Å²) in [6, 6.07) is 21.0. The molecule has 0 saturated carbocycles. The molecule has 4 rings (SSSR count). The third-order valence-electron chi connectivity index (χ3n) is 6.46. The molecule has 0 aliphatic rings. The SMILES string of the molecule is Cn1cc(NC(=O)c2ccccc2-c2ccc(C(F)(F)F)cc2)cc1C(=O)NCc1ccc(C(C)(C)C)cc1. The molecule has 2 N–H and O–H groups in total. The lowest BCUT2D eigenvalue weighted by Crippen LogP contribution is -2.24. The molecule has 0 spiro atoms. The number of aryl methyl sites for hydroxylation is 1. The van der Waals surface area contributed by atoms with Crippen LogP contribution in [0.5, 0.6) is 0 Å². The molecule has 4 aromatic rings. The van der Waals surface area contributed by atoms with E-state index < -0.39 is 17.6 Å². The van der Waals surface area contributed by atoms with Gasteiger partial charge in [0.2, 0.25) is 0 Å². The fraction of sp³-hybridized carbons (Fsp3) is 0.226. The Balaban J connectivity index is 1.45. The zero-order valence-electron chi connectivity index (χ0n) is 22.2. The van der Waals surface area contributed by atoms with Gasteiger partial charge >= 0.3 is 6.18 Å². The third kappa shape index (κ3) is 6.57. The van der Waals surface area contributed by atoms with Crippen LogP contribution in [0, 0.1) is 0 Å². The molecule has 0 aliphatic carbocycles. The predicted molar refractivity (Wildman–Crippen MR) is 147 cm³/mol. The Hall–Kier alpha value is -4.33. The van der Waals surface area contributed by atoms with Gasteiger partial charge in [0.1, 0.15) is 5.69 Å². The molecule has 0 saturated heterocycles. The maximum atomic E-state index is 13.1. The molecule has 5 nitrogen and oxygen atoms in total. The first-order valence-electron chi connectivity index (χ1n) is 12.4. The number of amides is 2. The Labute approximate surface area is 225 Å². The van der Waals surface area contributed by atoms with E-state index in [4.69, 9.17) is 0 Å². The summed E-state index contributed by atoms with van der Waals surface area (Å²) in [5, 5.41) is 5.70. The highest BCUT2D eigenvalue weighted by molar-refractivity contribution is 6.09. The smallest absolute Gasteiger partial charge is 0.347 e. The van der Waals surface area contributed by atoms with Gasteiger partial charge in [-0.3, -0.25) is 9.59 Å². The van der Waals surface area contributed by atoms with Crippen LogP contribution in [0.15, 0.2) is 85.1 Å². The second-order valence-corrected chi connectivity index (χ2v) is 10.4. The van der Waals surface area contributed by atoms with Gasteiger partial charge in [0.05, 0.1) is 11.3 Å². The standard InChI is InChI=1S/C31H30F3N3O2/c1-30(2,3)22-13-9-20(10-14-22)18-35-29(39)27-17-24(19-37(27)4)36-28(38)26-8-6-5-7-25(26)21-11-15-23(16-12-21)31(32,33)34/h5-17,19H,18H2,1-4H3,(H,35,39)(H,36,38). The van der Waals surface area contributed by atoms with Crippen LogP contribution in [-0.4, -0.2) is 16.4 Å². The zero-order chi connectivity index (χ0) is 28.4. The second-order valence-electron chi connectivity index (χ2n) is 10.4. The third-order valence-corrected chi connectivity index (χ3v) is 6.46. The molecule has 0 fully saturated rings. The van der Waals surface area contributed by atoms with Crippen molar-refractivity contribution in [2.24, 2.45) is 7.05 Å². The minimum absolute atomic E-state index is 0.0455. The van der Waals surface area contributed by atoms with Crippen LogP contribution in [0.25, 0.3) is 11.1 Å². The van der Waals surface area contributed by atoms with E-state index in [2.05, 4.69) is 43.5 Å².